The molecule has 0 aromatic carbocycles. The molecule has 0 radical (unpaired) electrons. The predicted octanol–water partition coefficient (Wildman–Crippen LogP) is 1.90. The Bertz CT molecular complexity index is 120. The fraction of sp³-hybridized carbons (Fsp3) is 1.00. The van der Waals surface area contributed by atoms with Gasteiger partial charge in [-0.1, -0.05) is 13.3 Å². The Kier molecular flexibility index (Phi) is 5.83. The van der Waals surface area contributed by atoms with Gasteiger partial charge in [-0.05, 0) is 18.6 Å². The first-order valence-corrected chi connectivity index (χ1v) is 6.35. The summed E-state index contributed by atoms with van der Waals surface area (Å²) in [4.78, 5) is 0. The van der Waals surface area contributed by atoms with Crippen LogP contribution in [0.3, 0.4) is 0 Å². The van der Waals surface area contributed by atoms with Crippen molar-refractivity contribution in [2.45, 2.75) is 38.3 Å². The molecule has 0 saturated carbocycles. The summed E-state index contributed by atoms with van der Waals surface area (Å²) in [6.45, 7) is 3.09. The van der Waals surface area contributed by atoms with Gasteiger partial charge < -0.3 is 10.1 Å². The molecule has 2 unspecified atom stereocenters. The molecule has 1 rings (SSSR count). The lowest BCUT2D eigenvalue weighted by atomic mass is 10.1. The van der Waals surface area contributed by atoms with Gasteiger partial charge in [0.05, 0.1) is 6.61 Å². The Morgan fingerprint density at radius 2 is 2.46 bits per heavy atom. The average molecular weight is 203 g/mol. The van der Waals surface area contributed by atoms with Gasteiger partial charge in [-0.3, -0.25) is 0 Å². The van der Waals surface area contributed by atoms with E-state index in [1.807, 2.05) is 0 Å². The van der Waals surface area contributed by atoms with E-state index in [1.165, 1.54) is 30.8 Å². The molecular weight excluding hydrogens is 182 g/mol. The fourth-order valence-corrected chi connectivity index (χ4v) is 2.93. The molecule has 3 heteroatoms. The van der Waals surface area contributed by atoms with E-state index in [2.05, 4.69) is 24.0 Å². The van der Waals surface area contributed by atoms with Crippen molar-refractivity contribution in [2.75, 3.05) is 25.2 Å². The molecule has 0 aliphatic carbocycles. The van der Waals surface area contributed by atoms with Gasteiger partial charge in [0.15, 0.2) is 0 Å². The molecule has 13 heavy (non-hydrogen) atoms. The van der Waals surface area contributed by atoms with Gasteiger partial charge >= 0.3 is 0 Å². The van der Waals surface area contributed by atoms with Crippen LogP contribution in [0.15, 0.2) is 0 Å². The smallest absolute Gasteiger partial charge is 0.0615 e. The van der Waals surface area contributed by atoms with E-state index in [-0.39, 0.29) is 0 Å². The van der Waals surface area contributed by atoms with Crippen molar-refractivity contribution < 1.29 is 4.74 Å². The highest BCUT2D eigenvalue weighted by atomic mass is 32.2. The topological polar surface area (TPSA) is 21.3 Å². The molecule has 0 amide bonds. The SMILES string of the molecule is CCCC(COC)NC1CCSC1. The van der Waals surface area contributed by atoms with Crippen LogP contribution in [0.1, 0.15) is 26.2 Å². The minimum absolute atomic E-state index is 0.568. The monoisotopic (exact) mass is 203 g/mol. The summed E-state index contributed by atoms with van der Waals surface area (Å²) in [5.41, 5.74) is 0. The van der Waals surface area contributed by atoms with Crippen LogP contribution in [-0.4, -0.2) is 37.3 Å². The van der Waals surface area contributed by atoms with E-state index in [0.717, 1.165) is 12.6 Å². The summed E-state index contributed by atoms with van der Waals surface area (Å²) in [5.74, 6) is 2.60. The van der Waals surface area contributed by atoms with E-state index in [4.69, 9.17) is 4.74 Å². The molecule has 1 saturated heterocycles. The third-order valence-corrected chi connectivity index (χ3v) is 3.57. The third kappa shape index (κ3) is 4.34. The number of thioether (sulfide) groups is 1. The minimum Gasteiger partial charge on any atom is -0.383 e. The molecule has 1 heterocycles. The summed E-state index contributed by atoms with van der Waals surface area (Å²) in [7, 11) is 1.79. The molecule has 2 nitrogen and oxygen atoms in total. The first-order chi connectivity index (χ1) is 6.36. The van der Waals surface area contributed by atoms with Gasteiger partial charge in [0.2, 0.25) is 0 Å². The van der Waals surface area contributed by atoms with Crippen LogP contribution in [0.2, 0.25) is 0 Å². The zero-order chi connectivity index (χ0) is 9.52. The molecule has 0 spiro atoms. The lowest BCUT2D eigenvalue weighted by Crippen LogP contribution is -2.40. The number of nitrogens with one attached hydrogen (secondary N) is 1. The zero-order valence-electron chi connectivity index (χ0n) is 8.71. The average Bonchev–Trinajstić information content (AvgIpc) is 2.58. The lowest BCUT2D eigenvalue weighted by molar-refractivity contribution is 0.157. The summed E-state index contributed by atoms with van der Waals surface area (Å²) in [6, 6.07) is 1.30. The van der Waals surface area contributed by atoms with Crippen LogP contribution in [0.4, 0.5) is 0 Å². The summed E-state index contributed by atoms with van der Waals surface area (Å²) < 4.78 is 5.20. The fourth-order valence-electron chi connectivity index (χ4n) is 1.76. The van der Waals surface area contributed by atoms with Crippen LogP contribution < -0.4 is 5.32 Å². The maximum Gasteiger partial charge on any atom is 0.0615 e. The van der Waals surface area contributed by atoms with Crippen molar-refractivity contribution in [1.82, 2.24) is 5.32 Å². The molecule has 0 aromatic rings. The molecule has 0 bridgehead atoms. The van der Waals surface area contributed by atoms with Gasteiger partial charge in [-0.25, -0.2) is 0 Å². The van der Waals surface area contributed by atoms with Gasteiger partial charge in [-0.2, -0.15) is 11.8 Å². The highest BCUT2D eigenvalue weighted by molar-refractivity contribution is 7.99. The van der Waals surface area contributed by atoms with E-state index < -0.39 is 0 Å². The number of methoxy groups -OCH3 is 1. The first kappa shape index (κ1) is 11.3. The molecular formula is C10H21NOS. The summed E-state index contributed by atoms with van der Waals surface area (Å²) in [5, 5.41) is 3.67. The molecule has 2 atom stereocenters. The van der Waals surface area contributed by atoms with E-state index >= 15 is 0 Å². The van der Waals surface area contributed by atoms with Crippen LogP contribution >= 0.6 is 11.8 Å². The molecule has 1 aliphatic rings. The van der Waals surface area contributed by atoms with Crippen molar-refractivity contribution in [3.63, 3.8) is 0 Å². The second-order valence-corrected chi connectivity index (χ2v) is 4.82. The molecule has 78 valence electrons. The second kappa shape index (κ2) is 6.68. The second-order valence-electron chi connectivity index (χ2n) is 3.67. The van der Waals surface area contributed by atoms with Gasteiger partial charge in [0, 0.05) is 24.9 Å². The van der Waals surface area contributed by atoms with Crippen LogP contribution in [0, 0.1) is 0 Å². The van der Waals surface area contributed by atoms with E-state index in [0.29, 0.717) is 6.04 Å². The summed E-state index contributed by atoms with van der Waals surface area (Å²) in [6.07, 6.45) is 3.80. The Balaban J connectivity index is 2.19. The molecule has 0 aromatic heterocycles. The van der Waals surface area contributed by atoms with Gasteiger partial charge in [0.25, 0.3) is 0 Å². The van der Waals surface area contributed by atoms with Crippen molar-refractivity contribution in [3.05, 3.63) is 0 Å². The maximum absolute atomic E-state index is 5.20. The Morgan fingerprint density at radius 1 is 1.62 bits per heavy atom. The number of hydrogen-bond acceptors (Lipinski definition) is 3. The van der Waals surface area contributed by atoms with Crippen LogP contribution in [0.25, 0.3) is 0 Å². The van der Waals surface area contributed by atoms with Gasteiger partial charge in [0.1, 0.15) is 0 Å². The predicted molar refractivity (Wildman–Crippen MR) is 59.4 cm³/mol. The number of rotatable bonds is 6. The molecule has 1 aliphatic heterocycles. The Hall–Kier alpha value is 0.270. The highest BCUT2D eigenvalue weighted by Gasteiger charge is 2.18. The van der Waals surface area contributed by atoms with Gasteiger partial charge in [-0.15, -0.1) is 0 Å². The first-order valence-electron chi connectivity index (χ1n) is 5.19. The van der Waals surface area contributed by atoms with E-state index in [9.17, 15) is 0 Å². The minimum atomic E-state index is 0.568. The van der Waals surface area contributed by atoms with Crippen molar-refractivity contribution in [3.8, 4) is 0 Å². The largest absolute Gasteiger partial charge is 0.383 e. The Labute approximate surface area is 85.8 Å². The zero-order valence-corrected chi connectivity index (χ0v) is 9.53. The summed E-state index contributed by atoms with van der Waals surface area (Å²) >= 11 is 2.06. The Morgan fingerprint density at radius 3 is 3.00 bits per heavy atom. The number of ether oxygens (including phenoxy) is 1. The van der Waals surface area contributed by atoms with E-state index in [1.54, 1.807) is 7.11 Å². The van der Waals surface area contributed by atoms with Crippen LogP contribution in [-0.2, 0) is 4.74 Å². The van der Waals surface area contributed by atoms with Crippen molar-refractivity contribution in [2.24, 2.45) is 0 Å². The lowest BCUT2D eigenvalue weighted by Gasteiger charge is -2.21. The highest BCUT2D eigenvalue weighted by Crippen LogP contribution is 2.18. The number of hydrogen-bond donors (Lipinski definition) is 1. The maximum atomic E-state index is 5.20. The van der Waals surface area contributed by atoms with Crippen molar-refractivity contribution >= 4 is 11.8 Å². The van der Waals surface area contributed by atoms with Crippen LogP contribution in [0.5, 0.6) is 0 Å². The normalized spacial score (nSPS) is 24.9. The third-order valence-electron chi connectivity index (χ3n) is 2.41. The standard InChI is InChI=1S/C10H21NOS/c1-3-4-9(7-12-2)11-10-5-6-13-8-10/h9-11H,3-8H2,1-2H3. The quantitative estimate of drug-likeness (QED) is 0.712. The molecule has 1 N–H and O–H groups in total. The molecule has 1 fully saturated rings. The van der Waals surface area contributed by atoms with Crippen molar-refractivity contribution in [1.29, 1.82) is 0 Å².